The van der Waals surface area contributed by atoms with Gasteiger partial charge in [-0.05, 0) is 31.3 Å². The molecule has 5 heteroatoms. The second-order valence-electron chi connectivity index (χ2n) is 3.90. The topological polar surface area (TPSA) is 38.7 Å². The predicted molar refractivity (Wildman–Crippen MR) is 64.2 cm³/mol. The van der Waals surface area contributed by atoms with Crippen LogP contribution >= 0.6 is 23.5 Å². The summed E-state index contributed by atoms with van der Waals surface area (Å²) >= 11 is 3.92. The Labute approximate surface area is 99.3 Å². The largest absolute Gasteiger partial charge is 0.390 e. The first kappa shape index (κ1) is 12.0. The summed E-state index contributed by atoms with van der Waals surface area (Å²) in [6, 6.07) is 0. The fourth-order valence-electron chi connectivity index (χ4n) is 1.78. The molecule has 2 unspecified atom stereocenters. The molecule has 3 nitrogen and oxygen atoms in total. The average molecular weight is 250 g/mol. The zero-order valence-electron chi connectivity index (χ0n) is 8.93. The van der Waals surface area contributed by atoms with Gasteiger partial charge in [-0.25, -0.2) is 0 Å². The van der Waals surface area contributed by atoms with E-state index in [1.165, 1.54) is 17.9 Å². The third-order valence-corrected chi connectivity index (χ3v) is 5.61. The van der Waals surface area contributed by atoms with E-state index in [2.05, 4.69) is 0 Å². The van der Waals surface area contributed by atoms with Crippen LogP contribution in [0.4, 0.5) is 0 Å². The lowest BCUT2D eigenvalue weighted by Gasteiger charge is -2.25. The quantitative estimate of drug-likeness (QED) is 0.825. The Kier molecular flexibility index (Phi) is 4.64. The molecular weight excluding hydrogens is 232 g/mol. The first-order valence-corrected chi connectivity index (χ1v) is 7.54. The molecule has 0 radical (unpaired) electrons. The minimum Gasteiger partial charge on any atom is -0.390 e. The monoisotopic (exact) mass is 250 g/mol. The molecule has 2 saturated heterocycles. The van der Waals surface area contributed by atoms with Crippen molar-refractivity contribution in [2.75, 3.05) is 18.1 Å². The summed E-state index contributed by atoms with van der Waals surface area (Å²) < 4.78 is 11.3. The Balaban J connectivity index is 1.73. The van der Waals surface area contributed by atoms with Gasteiger partial charge in [0.25, 0.3) is 0 Å². The lowest BCUT2D eigenvalue weighted by molar-refractivity contribution is -0.0688. The van der Waals surface area contributed by atoms with Gasteiger partial charge in [0.15, 0.2) is 6.29 Å². The van der Waals surface area contributed by atoms with Crippen molar-refractivity contribution >= 4 is 23.5 Å². The number of aliphatic hydroxyl groups is 1. The van der Waals surface area contributed by atoms with Crippen LogP contribution in [-0.4, -0.2) is 46.3 Å². The van der Waals surface area contributed by atoms with Crippen LogP contribution in [0.1, 0.15) is 19.8 Å². The summed E-state index contributed by atoms with van der Waals surface area (Å²) in [4.78, 5) is 0. The number of aliphatic hydroxyl groups excluding tert-OH is 1. The highest BCUT2D eigenvalue weighted by molar-refractivity contribution is 8.17. The highest BCUT2D eigenvalue weighted by Gasteiger charge is 2.31. The predicted octanol–water partition coefficient (Wildman–Crippen LogP) is 1.70. The van der Waals surface area contributed by atoms with E-state index in [1.54, 1.807) is 0 Å². The molecule has 0 aliphatic carbocycles. The van der Waals surface area contributed by atoms with Gasteiger partial charge in [-0.1, -0.05) is 0 Å². The summed E-state index contributed by atoms with van der Waals surface area (Å²) in [6.45, 7) is 2.40. The van der Waals surface area contributed by atoms with Crippen molar-refractivity contribution in [2.45, 2.75) is 42.8 Å². The van der Waals surface area contributed by atoms with Gasteiger partial charge in [-0.15, -0.1) is 23.5 Å². The Morgan fingerprint density at radius 1 is 1.40 bits per heavy atom. The summed E-state index contributed by atoms with van der Waals surface area (Å²) in [5.41, 5.74) is 0. The van der Waals surface area contributed by atoms with Gasteiger partial charge >= 0.3 is 0 Å². The van der Waals surface area contributed by atoms with Gasteiger partial charge in [-0.2, -0.15) is 0 Å². The average Bonchev–Trinajstić information content (AvgIpc) is 2.66. The van der Waals surface area contributed by atoms with Crippen LogP contribution in [0.25, 0.3) is 0 Å². The van der Waals surface area contributed by atoms with Crippen LogP contribution in [0.15, 0.2) is 0 Å². The molecule has 0 aromatic rings. The van der Waals surface area contributed by atoms with E-state index in [0.29, 0.717) is 11.2 Å². The molecule has 2 aliphatic rings. The van der Waals surface area contributed by atoms with Crippen molar-refractivity contribution in [3.63, 3.8) is 0 Å². The summed E-state index contributed by atoms with van der Waals surface area (Å²) in [5.74, 6) is 2.45. The molecule has 2 rings (SSSR count). The number of rotatable bonds is 3. The number of hydrogen-bond acceptors (Lipinski definition) is 5. The van der Waals surface area contributed by atoms with Crippen molar-refractivity contribution < 1.29 is 14.6 Å². The van der Waals surface area contributed by atoms with E-state index in [-0.39, 0.29) is 18.5 Å². The number of thioether (sulfide) groups is 2. The van der Waals surface area contributed by atoms with Gasteiger partial charge in [0.05, 0.1) is 17.3 Å². The Bertz CT molecular complexity index is 197. The van der Waals surface area contributed by atoms with Crippen molar-refractivity contribution in [3.05, 3.63) is 0 Å². The van der Waals surface area contributed by atoms with Crippen molar-refractivity contribution in [2.24, 2.45) is 0 Å². The third kappa shape index (κ3) is 3.53. The molecule has 88 valence electrons. The minimum atomic E-state index is -0.377. The second kappa shape index (κ2) is 5.77. The Hall–Kier alpha value is 0.580. The van der Waals surface area contributed by atoms with Gasteiger partial charge < -0.3 is 14.6 Å². The molecule has 2 heterocycles. The number of ether oxygens (including phenoxy) is 2. The molecule has 0 bridgehead atoms. The lowest BCUT2D eigenvalue weighted by Crippen LogP contribution is -2.31. The molecule has 0 aromatic heterocycles. The molecule has 0 amide bonds. The maximum Gasteiger partial charge on any atom is 0.155 e. The standard InChI is InChI=1S/C10H18O3S2/c1-7-12-6-9(13-7)8(11)5-10-14-3-2-4-15-10/h7-11H,2-6H2,1H3/t7?,8?,9-/m0/s1. The van der Waals surface area contributed by atoms with E-state index in [4.69, 9.17) is 9.47 Å². The maximum atomic E-state index is 9.99. The van der Waals surface area contributed by atoms with Crippen LogP contribution in [0.2, 0.25) is 0 Å². The molecule has 0 spiro atoms. The normalized spacial score (nSPS) is 35.6. The van der Waals surface area contributed by atoms with Crippen molar-refractivity contribution in [1.82, 2.24) is 0 Å². The fraction of sp³-hybridized carbons (Fsp3) is 1.00. The molecule has 1 N–H and O–H groups in total. The lowest BCUT2D eigenvalue weighted by atomic mass is 10.2. The smallest absolute Gasteiger partial charge is 0.155 e. The highest BCUT2D eigenvalue weighted by atomic mass is 32.2. The molecule has 0 saturated carbocycles. The van der Waals surface area contributed by atoms with Crippen LogP contribution in [-0.2, 0) is 9.47 Å². The number of hydrogen-bond donors (Lipinski definition) is 1. The fourth-order valence-corrected chi connectivity index (χ4v) is 4.74. The Morgan fingerprint density at radius 2 is 2.13 bits per heavy atom. The van der Waals surface area contributed by atoms with Crippen LogP contribution < -0.4 is 0 Å². The first-order valence-electron chi connectivity index (χ1n) is 5.44. The zero-order valence-corrected chi connectivity index (χ0v) is 10.6. The zero-order chi connectivity index (χ0) is 10.7. The second-order valence-corrected chi connectivity index (χ2v) is 6.82. The first-order chi connectivity index (χ1) is 7.25. The van der Waals surface area contributed by atoms with E-state index in [1.807, 2.05) is 30.4 Å². The molecule has 15 heavy (non-hydrogen) atoms. The van der Waals surface area contributed by atoms with Gasteiger partial charge in [0, 0.05) is 0 Å². The molecule has 0 aromatic carbocycles. The van der Waals surface area contributed by atoms with E-state index in [9.17, 15) is 5.11 Å². The summed E-state index contributed by atoms with van der Waals surface area (Å²) in [6.07, 6.45) is 1.45. The van der Waals surface area contributed by atoms with Crippen molar-refractivity contribution in [3.8, 4) is 0 Å². The Morgan fingerprint density at radius 3 is 2.73 bits per heavy atom. The van der Waals surface area contributed by atoms with Gasteiger partial charge in [0.1, 0.15) is 6.10 Å². The summed E-state index contributed by atoms with van der Waals surface area (Å²) in [7, 11) is 0. The van der Waals surface area contributed by atoms with Crippen LogP contribution in [0, 0.1) is 0 Å². The van der Waals surface area contributed by atoms with Crippen LogP contribution in [0.5, 0.6) is 0 Å². The molecular formula is C10H18O3S2. The molecule has 2 aliphatic heterocycles. The van der Waals surface area contributed by atoms with E-state index >= 15 is 0 Å². The summed E-state index contributed by atoms with van der Waals surface area (Å²) in [5, 5.41) is 9.99. The minimum absolute atomic E-state index is 0.122. The maximum absolute atomic E-state index is 9.99. The van der Waals surface area contributed by atoms with E-state index < -0.39 is 0 Å². The van der Waals surface area contributed by atoms with Crippen molar-refractivity contribution in [1.29, 1.82) is 0 Å². The van der Waals surface area contributed by atoms with Crippen LogP contribution in [0.3, 0.4) is 0 Å². The van der Waals surface area contributed by atoms with E-state index in [0.717, 1.165) is 6.42 Å². The SMILES string of the molecule is CC1OC[C@@H](C(O)CC2SCCCS2)O1. The molecule has 2 fully saturated rings. The highest BCUT2D eigenvalue weighted by Crippen LogP contribution is 2.34. The van der Waals surface area contributed by atoms with Gasteiger partial charge in [-0.3, -0.25) is 0 Å². The molecule has 3 atom stereocenters. The van der Waals surface area contributed by atoms with Gasteiger partial charge in [0.2, 0.25) is 0 Å². The third-order valence-electron chi connectivity index (χ3n) is 2.62.